The second kappa shape index (κ2) is 4.48. The topological polar surface area (TPSA) is 43.8 Å². The zero-order valence-electron chi connectivity index (χ0n) is 10.5. The largest absolute Gasteiger partial charge is 0.324 e. The first kappa shape index (κ1) is 11.9. The second-order valence-corrected chi connectivity index (χ2v) is 4.56. The Morgan fingerprint density at radius 3 is 2.74 bits per heavy atom. The lowest BCUT2D eigenvalue weighted by Crippen LogP contribution is -2.11. The first-order chi connectivity index (χ1) is 9.18. The van der Waals surface area contributed by atoms with Gasteiger partial charge in [-0.05, 0) is 31.2 Å². The predicted octanol–water partition coefficient (Wildman–Crippen LogP) is 3.18. The Morgan fingerprint density at radius 1 is 1.16 bits per heavy atom. The van der Waals surface area contributed by atoms with Crippen LogP contribution in [0.25, 0.3) is 16.7 Å². The molecule has 0 aliphatic rings. The smallest absolute Gasteiger partial charge is 0.130 e. The normalized spacial score (nSPS) is 12.8. The fourth-order valence-electron chi connectivity index (χ4n) is 2.34. The molecule has 0 amide bonds. The first-order valence-corrected chi connectivity index (χ1v) is 6.15. The first-order valence-electron chi connectivity index (χ1n) is 6.15. The molecule has 96 valence electrons. The van der Waals surface area contributed by atoms with E-state index in [1.165, 1.54) is 6.07 Å². The van der Waals surface area contributed by atoms with E-state index in [1.54, 1.807) is 19.3 Å². The quantitative estimate of drug-likeness (QED) is 0.764. The lowest BCUT2D eigenvalue weighted by atomic mass is 10.1. The van der Waals surface area contributed by atoms with Gasteiger partial charge in [0, 0.05) is 11.6 Å². The van der Waals surface area contributed by atoms with E-state index in [4.69, 9.17) is 5.73 Å². The molecule has 4 heteroatoms. The number of nitrogens with two attached hydrogens (primary N) is 1. The molecule has 2 aromatic carbocycles. The number of fused-ring (bicyclic) bond motifs is 1. The molecular formula is C15H14FN3. The maximum Gasteiger partial charge on any atom is 0.130 e. The molecule has 0 unspecified atom stereocenters. The third kappa shape index (κ3) is 1.90. The maximum absolute atomic E-state index is 14.0. The number of hydrogen-bond acceptors (Lipinski definition) is 2. The molecular weight excluding hydrogens is 241 g/mol. The molecule has 19 heavy (non-hydrogen) atoms. The van der Waals surface area contributed by atoms with Gasteiger partial charge >= 0.3 is 0 Å². The van der Waals surface area contributed by atoms with Crippen molar-refractivity contribution in [2.75, 3.05) is 0 Å². The third-order valence-electron chi connectivity index (χ3n) is 3.20. The summed E-state index contributed by atoms with van der Waals surface area (Å²) in [6.45, 7) is 1.78. The van der Waals surface area contributed by atoms with Gasteiger partial charge in [0.15, 0.2) is 0 Å². The molecule has 0 fully saturated rings. The number of para-hydroxylation sites is 2. The minimum Gasteiger partial charge on any atom is -0.324 e. The van der Waals surface area contributed by atoms with E-state index in [-0.39, 0.29) is 11.9 Å². The van der Waals surface area contributed by atoms with Crippen LogP contribution in [0.5, 0.6) is 0 Å². The minimum absolute atomic E-state index is 0.287. The van der Waals surface area contributed by atoms with Gasteiger partial charge in [0.1, 0.15) is 12.1 Å². The van der Waals surface area contributed by atoms with Crippen LogP contribution in [0.2, 0.25) is 0 Å². The lowest BCUT2D eigenvalue weighted by Gasteiger charge is -2.15. The van der Waals surface area contributed by atoms with Gasteiger partial charge in [-0.3, -0.25) is 4.57 Å². The fourth-order valence-corrected chi connectivity index (χ4v) is 2.34. The molecule has 3 rings (SSSR count). The van der Waals surface area contributed by atoms with Crippen LogP contribution in [0.1, 0.15) is 18.5 Å². The average Bonchev–Trinajstić information content (AvgIpc) is 2.81. The number of hydrogen-bond donors (Lipinski definition) is 1. The fraction of sp³-hybridized carbons (Fsp3) is 0.133. The van der Waals surface area contributed by atoms with Crippen LogP contribution in [0, 0.1) is 5.82 Å². The molecule has 0 aliphatic heterocycles. The van der Waals surface area contributed by atoms with Gasteiger partial charge in [-0.25, -0.2) is 9.37 Å². The van der Waals surface area contributed by atoms with Crippen LogP contribution in [0.15, 0.2) is 48.8 Å². The van der Waals surface area contributed by atoms with E-state index >= 15 is 0 Å². The second-order valence-electron chi connectivity index (χ2n) is 4.56. The minimum atomic E-state index is -0.377. The summed E-state index contributed by atoms with van der Waals surface area (Å²) in [7, 11) is 0. The summed E-state index contributed by atoms with van der Waals surface area (Å²) >= 11 is 0. The Kier molecular flexibility index (Phi) is 2.80. The van der Waals surface area contributed by atoms with E-state index in [0.717, 1.165) is 16.7 Å². The van der Waals surface area contributed by atoms with Crippen molar-refractivity contribution in [3.63, 3.8) is 0 Å². The molecule has 0 radical (unpaired) electrons. The van der Waals surface area contributed by atoms with Crippen LogP contribution in [0.4, 0.5) is 4.39 Å². The summed E-state index contributed by atoms with van der Waals surface area (Å²) < 4.78 is 15.9. The molecule has 2 N–H and O–H groups in total. The molecule has 0 spiro atoms. The van der Waals surface area contributed by atoms with Gasteiger partial charge in [0.2, 0.25) is 0 Å². The molecule has 1 atom stereocenters. The van der Waals surface area contributed by atoms with E-state index < -0.39 is 0 Å². The molecule has 3 aromatic rings. The van der Waals surface area contributed by atoms with Gasteiger partial charge in [-0.1, -0.05) is 18.2 Å². The van der Waals surface area contributed by atoms with Gasteiger partial charge in [-0.15, -0.1) is 0 Å². The zero-order chi connectivity index (χ0) is 13.4. The van der Waals surface area contributed by atoms with Crippen molar-refractivity contribution >= 4 is 11.0 Å². The van der Waals surface area contributed by atoms with Crippen LogP contribution in [-0.2, 0) is 0 Å². The van der Waals surface area contributed by atoms with Crippen molar-refractivity contribution in [3.8, 4) is 5.69 Å². The van der Waals surface area contributed by atoms with Crippen molar-refractivity contribution in [2.45, 2.75) is 13.0 Å². The monoisotopic (exact) mass is 255 g/mol. The van der Waals surface area contributed by atoms with Gasteiger partial charge in [-0.2, -0.15) is 0 Å². The summed E-state index contributed by atoms with van der Waals surface area (Å²) in [5.74, 6) is -0.287. The summed E-state index contributed by atoms with van der Waals surface area (Å²) in [5.41, 5.74) is 8.95. The van der Waals surface area contributed by atoms with Crippen LogP contribution >= 0.6 is 0 Å². The predicted molar refractivity (Wildman–Crippen MR) is 73.6 cm³/mol. The molecule has 1 aromatic heterocycles. The lowest BCUT2D eigenvalue weighted by molar-refractivity contribution is 0.591. The van der Waals surface area contributed by atoms with Crippen LogP contribution in [0.3, 0.4) is 0 Å². The summed E-state index contributed by atoms with van der Waals surface area (Å²) in [5, 5.41) is 0. The number of halogens is 1. The SMILES string of the molecule is C[C@H](N)c1c(F)cccc1-n1cnc2ccccc21. The molecule has 0 saturated heterocycles. The Bertz CT molecular complexity index is 731. The van der Waals surface area contributed by atoms with Crippen LogP contribution < -0.4 is 5.73 Å². The number of nitrogens with zero attached hydrogens (tertiary/aromatic N) is 2. The van der Waals surface area contributed by atoms with Crippen molar-refractivity contribution in [3.05, 3.63) is 60.2 Å². The van der Waals surface area contributed by atoms with Crippen molar-refractivity contribution in [1.29, 1.82) is 0 Å². The molecule has 0 aliphatic carbocycles. The molecule has 0 bridgehead atoms. The highest BCUT2D eigenvalue weighted by molar-refractivity contribution is 5.77. The Labute approximate surface area is 110 Å². The number of aromatic nitrogens is 2. The van der Waals surface area contributed by atoms with E-state index in [2.05, 4.69) is 4.98 Å². The highest BCUT2D eigenvalue weighted by atomic mass is 19.1. The molecule has 3 nitrogen and oxygen atoms in total. The maximum atomic E-state index is 14.0. The standard InChI is InChI=1S/C15H14FN3/c1-10(17)15-11(16)5-4-8-14(15)19-9-18-12-6-2-3-7-13(12)19/h2-10H,17H2,1H3/t10-/m0/s1. The van der Waals surface area contributed by atoms with E-state index in [0.29, 0.717) is 5.56 Å². The van der Waals surface area contributed by atoms with Crippen molar-refractivity contribution in [1.82, 2.24) is 9.55 Å². The van der Waals surface area contributed by atoms with Gasteiger partial charge < -0.3 is 5.73 Å². The Hall–Kier alpha value is -2.20. The van der Waals surface area contributed by atoms with Crippen LogP contribution in [-0.4, -0.2) is 9.55 Å². The van der Waals surface area contributed by atoms with Crippen molar-refractivity contribution in [2.24, 2.45) is 5.73 Å². The molecule has 0 saturated carbocycles. The highest BCUT2D eigenvalue weighted by Gasteiger charge is 2.15. The Balaban J connectivity index is 2.30. The van der Waals surface area contributed by atoms with Crippen molar-refractivity contribution < 1.29 is 4.39 Å². The number of imidazole rings is 1. The van der Waals surface area contributed by atoms with E-state index in [1.807, 2.05) is 34.9 Å². The third-order valence-corrected chi connectivity index (χ3v) is 3.20. The number of rotatable bonds is 2. The number of benzene rings is 2. The van der Waals surface area contributed by atoms with Gasteiger partial charge in [0.05, 0.1) is 16.7 Å². The highest BCUT2D eigenvalue weighted by Crippen LogP contribution is 2.26. The summed E-state index contributed by atoms with van der Waals surface area (Å²) in [4.78, 5) is 4.32. The van der Waals surface area contributed by atoms with E-state index in [9.17, 15) is 4.39 Å². The van der Waals surface area contributed by atoms with Gasteiger partial charge in [0.25, 0.3) is 0 Å². The Morgan fingerprint density at radius 2 is 1.95 bits per heavy atom. The molecule has 1 heterocycles. The zero-order valence-corrected chi connectivity index (χ0v) is 10.5. The summed E-state index contributed by atoms with van der Waals surface area (Å²) in [6.07, 6.45) is 1.70. The average molecular weight is 255 g/mol. The summed E-state index contributed by atoms with van der Waals surface area (Å²) in [6, 6.07) is 12.3.